The summed E-state index contributed by atoms with van der Waals surface area (Å²) in [7, 11) is 1.14. The van der Waals surface area contributed by atoms with Gasteiger partial charge in [0.1, 0.15) is 11.5 Å². The standard InChI is InChI=1S/C13H15FN2O4S/c1-8-7-21-4-3-15(8)11-5-9(13(17)20-2)10(14)6-12(11)16(18)19/h5-6,8H,3-4,7H2,1-2H3. The van der Waals surface area contributed by atoms with E-state index < -0.39 is 16.7 Å². The average Bonchev–Trinajstić information content (AvgIpc) is 2.47. The first kappa shape index (κ1) is 15.6. The Balaban J connectivity index is 2.55. The summed E-state index contributed by atoms with van der Waals surface area (Å²) in [6, 6.07) is 2.07. The first-order valence-corrected chi connectivity index (χ1v) is 7.51. The molecule has 1 aliphatic rings. The molecule has 1 unspecified atom stereocenters. The fraction of sp³-hybridized carbons (Fsp3) is 0.462. The molecule has 0 spiro atoms. The van der Waals surface area contributed by atoms with Gasteiger partial charge in [-0.05, 0) is 13.0 Å². The van der Waals surface area contributed by atoms with Crippen molar-refractivity contribution in [3.63, 3.8) is 0 Å². The van der Waals surface area contributed by atoms with Crippen LogP contribution in [-0.4, -0.2) is 42.1 Å². The molecule has 21 heavy (non-hydrogen) atoms. The molecular formula is C13H15FN2O4S. The van der Waals surface area contributed by atoms with E-state index in [9.17, 15) is 19.3 Å². The van der Waals surface area contributed by atoms with E-state index in [-0.39, 0.29) is 23.0 Å². The summed E-state index contributed by atoms with van der Waals surface area (Å²) in [5.41, 5.74) is -0.364. The Kier molecular flexibility index (Phi) is 4.66. The normalized spacial score (nSPS) is 18.4. The van der Waals surface area contributed by atoms with E-state index in [2.05, 4.69) is 4.74 Å². The first-order valence-electron chi connectivity index (χ1n) is 6.36. The van der Waals surface area contributed by atoms with Gasteiger partial charge in [-0.1, -0.05) is 0 Å². The minimum absolute atomic E-state index is 0.0680. The molecule has 1 aliphatic heterocycles. The molecule has 1 aromatic rings. The van der Waals surface area contributed by atoms with Gasteiger partial charge >= 0.3 is 5.97 Å². The molecule has 1 aromatic carbocycles. The fourth-order valence-electron chi connectivity index (χ4n) is 2.28. The molecule has 1 heterocycles. The van der Waals surface area contributed by atoms with Gasteiger partial charge in [-0.3, -0.25) is 10.1 Å². The van der Waals surface area contributed by atoms with Crippen molar-refractivity contribution in [2.24, 2.45) is 0 Å². The monoisotopic (exact) mass is 314 g/mol. The first-order chi connectivity index (χ1) is 9.95. The zero-order valence-electron chi connectivity index (χ0n) is 11.7. The number of rotatable bonds is 3. The van der Waals surface area contributed by atoms with Crippen LogP contribution in [0.5, 0.6) is 0 Å². The molecule has 1 atom stereocenters. The molecular weight excluding hydrogens is 299 g/mol. The molecule has 0 aliphatic carbocycles. The minimum Gasteiger partial charge on any atom is -0.465 e. The molecule has 6 nitrogen and oxygen atoms in total. The van der Waals surface area contributed by atoms with Crippen molar-refractivity contribution in [1.82, 2.24) is 0 Å². The molecule has 0 aromatic heterocycles. The summed E-state index contributed by atoms with van der Waals surface area (Å²) in [4.78, 5) is 23.9. The van der Waals surface area contributed by atoms with Crippen LogP contribution in [0.3, 0.4) is 0 Å². The van der Waals surface area contributed by atoms with E-state index in [4.69, 9.17) is 0 Å². The lowest BCUT2D eigenvalue weighted by Gasteiger charge is -2.34. The van der Waals surface area contributed by atoms with Crippen LogP contribution in [0.25, 0.3) is 0 Å². The predicted molar refractivity (Wildman–Crippen MR) is 78.5 cm³/mol. The maximum atomic E-state index is 13.9. The molecule has 2 rings (SSSR count). The van der Waals surface area contributed by atoms with E-state index in [0.29, 0.717) is 6.54 Å². The van der Waals surface area contributed by atoms with Crippen LogP contribution >= 0.6 is 11.8 Å². The number of methoxy groups -OCH3 is 1. The van der Waals surface area contributed by atoms with Gasteiger partial charge in [-0.25, -0.2) is 9.18 Å². The summed E-state index contributed by atoms with van der Waals surface area (Å²) in [5.74, 6) is -0.145. The van der Waals surface area contributed by atoms with Gasteiger partial charge in [0, 0.05) is 24.1 Å². The van der Waals surface area contributed by atoms with Gasteiger partial charge in [-0.2, -0.15) is 11.8 Å². The zero-order valence-corrected chi connectivity index (χ0v) is 12.5. The van der Waals surface area contributed by atoms with Gasteiger partial charge in [-0.15, -0.1) is 0 Å². The summed E-state index contributed by atoms with van der Waals surface area (Å²) >= 11 is 1.76. The van der Waals surface area contributed by atoms with Gasteiger partial charge < -0.3 is 9.64 Å². The minimum atomic E-state index is -0.948. The average molecular weight is 314 g/mol. The van der Waals surface area contributed by atoms with Crippen molar-refractivity contribution in [2.75, 3.05) is 30.1 Å². The zero-order chi connectivity index (χ0) is 15.6. The van der Waals surface area contributed by atoms with Crippen molar-refractivity contribution in [1.29, 1.82) is 0 Å². The van der Waals surface area contributed by atoms with Gasteiger partial charge in [0.05, 0.1) is 23.7 Å². The predicted octanol–water partition coefficient (Wildman–Crippen LogP) is 2.46. The second-order valence-corrected chi connectivity index (χ2v) is 5.84. The number of hydrogen-bond acceptors (Lipinski definition) is 6. The van der Waals surface area contributed by atoms with Crippen LogP contribution < -0.4 is 4.90 Å². The number of carbonyl (C=O) groups is 1. The Bertz CT molecular complexity index is 582. The van der Waals surface area contributed by atoms with E-state index >= 15 is 0 Å². The SMILES string of the molecule is COC(=O)c1cc(N2CCSCC2C)c([N+](=O)[O-])cc1F. The Hall–Kier alpha value is -1.83. The van der Waals surface area contributed by atoms with Crippen LogP contribution in [-0.2, 0) is 4.74 Å². The number of esters is 1. The number of carbonyl (C=O) groups excluding carboxylic acids is 1. The molecule has 8 heteroatoms. The van der Waals surface area contributed by atoms with Gasteiger partial charge in [0.2, 0.25) is 0 Å². The molecule has 0 amide bonds. The van der Waals surface area contributed by atoms with Crippen molar-refractivity contribution in [2.45, 2.75) is 13.0 Å². The number of benzene rings is 1. The lowest BCUT2D eigenvalue weighted by molar-refractivity contribution is -0.384. The third-order valence-corrected chi connectivity index (χ3v) is 4.53. The van der Waals surface area contributed by atoms with Crippen molar-refractivity contribution in [3.05, 3.63) is 33.6 Å². The summed E-state index contributed by atoms with van der Waals surface area (Å²) < 4.78 is 18.4. The van der Waals surface area contributed by atoms with Gasteiger partial charge in [0.15, 0.2) is 0 Å². The highest BCUT2D eigenvalue weighted by molar-refractivity contribution is 7.99. The smallest absolute Gasteiger partial charge is 0.340 e. The highest BCUT2D eigenvalue weighted by Gasteiger charge is 2.29. The van der Waals surface area contributed by atoms with E-state index in [0.717, 1.165) is 24.7 Å². The van der Waals surface area contributed by atoms with Crippen LogP contribution in [0.4, 0.5) is 15.8 Å². The highest BCUT2D eigenvalue weighted by atomic mass is 32.2. The lowest BCUT2D eigenvalue weighted by atomic mass is 10.1. The van der Waals surface area contributed by atoms with Crippen LogP contribution in [0.2, 0.25) is 0 Å². The van der Waals surface area contributed by atoms with Crippen LogP contribution in [0, 0.1) is 15.9 Å². The van der Waals surface area contributed by atoms with Crippen molar-refractivity contribution in [3.8, 4) is 0 Å². The summed E-state index contributed by atoms with van der Waals surface area (Å²) in [5, 5.41) is 11.2. The molecule has 0 N–H and O–H groups in total. The van der Waals surface area contributed by atoms with Crippen LogP contribution in [0.15, 0.2) is 12.1 Å². The number of nitrogens with zero attached hydrogens (tertiary/aromatic N) is 2. The Labute approximate surface area is 125 Å². The second kappa shape index (κ2) is 6.30. The lowest BCUT2D eigenvalue weighted by Crippen LogP contribution is -2.40. The Morgan fingerprint density at radius 3 is 2.86 bits per heavy atom. The maximum Gasteiger partial charge on any atom is 0.340 e. The van der Waals surface area contributed by atoms with Gasteiger partial charge in [0.25, 0.3) is 5.69 Å². The number of nitro benzene ring substituents is 1. The van der Waals surface area contributed by atoms with E-state index in [1.54, 1.807) is 11.8 Å². The molecule has 1 fully saturated rings. The third-order valence-electron chi connectivity index (χ3n) is 3.34. The number of anilines is 1. The topological polar surface area (TPSA) is 72.7 Å². The highest BCUT2D eigenvalue weighted by Crippen LogP contribution is 2.34. The Morgan fingerprint density at radius 2 is 2.29 bits per heavy atom. The second-order valence-electron chi connectivity index (χ2n) is 4.69. The number of hydrogen-bond donors (Lipinski definition) is 0. The Morgan fingerprint density at radius 1 is 1.57 bits per heavy atom. The molecule has 0 bridgehead atoms. The fourth-order valence-corrected chi connectivity index (χ4v) is 3.29. The molecule has 1 saturated heterocycles. The third kappa shape index (κ3) is 3.10. The molecule has 114 valence electrons. The largest absolute Gasteiger partial charge is 0.465 e. The number of halogens is 1. The van der Waals surface area contributed by atoms with Crippen LogP contribution in [0.1, 0.15) is 17.3 Å². The summed E-state index contributed by atoms with van der Waals surface area (Å²) in [6.45, 7) is 2.55. The van der Waals surface area contributed by atoms with Crippen molar-refractivity contribution < 1.29 is 18.8 Å². The number of thioether (sulfide) groups is 1. The quantitative estimate of drug-likeness (QED) is 0.485. The maximum absolute atomic E-state index is 13.9. The van der Waals surface area contributed by atoms with Crippen molar-refractivity contribution >= 4 is 29.1 Å². The van der Waals surface area contributed by atoms with E-state index in [1.807, 2.05) is 11.8 Å². The molecule has 0 saturated carbocycles. The number of ether oxygens (including phenoxy) is 1. The number of nitro groups is 1. The molecule has 0 radical (unpaired) electrons. The summed E-state index contributed by atoms with van der Waals surface area (Å²) in [6.07, 6.45) is 0. The van der Waals surface area contributed by atoms with E-state index in [1.165, 1.54) is 6.07 Å².